The Balaban J connectivity index is 2.13. The third-order valence-electron chi connectivity index (χ3n) is 3.99. The van der Waals surface area contributed by atoms with Gasteiger partial charge in [-0.3, -0.25) is 4.79 Å². The van der Waals surface area contributed by atoms with Crippen molar-refractivity contribution < 1.29 is 13.9 Å². The van der Waals surface area contributed by atoms with Gasteiger partial charge in [-0.1, -0.05) is 36.0 Å². The summed E-state index contributed by atoms with van der Waals surface area (Å²) in [6.45, 7) is -0.0551. The Morgan fingerprint density at radius 1 is 1.25 bits per heavy atom. The van der Waals surface area contributed by atoms with Gasteiger partial charge in [0.25, 0.3) is 5.56 Å². The van der Waals surface area contributed by atoms with E-state index in [1.54, 1.807) is 42.7 Å². The van der Waals surface area contributed by atoms with Crippen LogP contribution in [0.25, 0.3) is 11.3 Å². The maximum Gasteiger partial charge on any atom is 0.270 e. The van der Waals surface area contributed by atoms with Crippen LogP contribution in [-0.2, 0) is 6.61 Å². The minimum atomic E-state index is -0.542. The van der Waals surface area contributed by atoms with Crippen LogP contribution in [0, 0.1) is 17.1 Å². The first-order chi connectivity index (χ1) is 13.6. The van der Waals surface area contributed by atoms with Gasteiger partial charge >= 0.3 is 0 Å². The van der Waals surface area contributed by atoms with Crippen LogP contribution in [0.1, 0.15) is 11.1 Å². The number of halogens is 1. The molecule has 0 bridgehead atoms. The summed E-state index contributed by atoms with van der Waals surface area (Å²) in [6.07, 6.45) is 1.76. The highest BCUT2D eigenvalue weighted by molar-refractivity contribution is 7.98. The summed E-state index contributed by atoms with van der Waals surface area (Å²) in [6, 6.07) is 13.2. The summed E-state index contributed by atoms with van der Waals surface area (Å²) in [5, 5.41) is 9.81. The fraction of sp³-hybridized carbons (Fsp3) is 0.150. The molecule has 0 aliphatic rings. The van der Waals surface area contributed by atoms with E-state index < -0.39 is 11.4 Å². The number of ether oxygens (including phenoxy) is 2. The highest BCUT2D eigenvalue weighted by Gasteiger charge is 2.20. The molecular weight excluding hydrogens is 381 g/mol. The third kappa shape index (κ3) is 3.85. The molecule has 8 heteroatoms. The van der Waals surface area contributed by atoms with Gasteiger partial charge < -0.3 is 14.5 Å². The number of benzene rings is 2. The van der Waals surface area contributed by atoms with Gasteiger partial charge in [0.2, 0.25) is 0 Å². The van der Waals surface area contributed by atoms with E-state index in [2.05, 4.69) is 9.97 Å². The van der Waals surface area contributed by atoms with Crippen LogP contribution in [0.15, 0.2) is 52.4 Å². The number of nitriles is 1. The minimum Gasteiger partial charge on any atom is -0.493 e. The number of nitrogens with one attached hydrogen (secondary N) is 1. The van der Waals surface area contributed by atoms with Crippen molar-refractivity contribution in [1.82, 2.24) is 9.97 Å². The SMILES string of the molecule is COc1cccc(-c2nc(SC)[nH]c(=O)c2C#N)c1OCc1ccccc1F. The van der Waals surface area contributed by atoms with Crippen molar-refractivity contribution in [2.45, 2.75) is 11.8 Å². The summed E-state index contributed by atoms with van der Waals surface area (Å²) in [5.74, 6) is 0.260. The number of para-hydroxylation sites is 1. The van der Waals surface area contributed by atoms with E-state index in [1.165, 1.54) is 24.9 Å². The Bertz CT molecular complexity index is 1110. The molecular formula is C20H16FN3O3S. The molecule has 1 heterocycles. The summed E-state index contributed by atoms with van der Waals surface area (Å²) >= 11 is 1.24. The van der Waals surface area contributed by atoms with E-state index in [4.69, 9.17) is 9.47 Å². The highest BCUT2D eigenvalue weighted by atomic mass is 32.2. The van der Waals surface area contributed by atoms with Gasteiger partial charge in [-0.2, -0.15) is 5.26 Å². The molecule has 0 aliphatic carbocycles. The van der Waals surface area contributed by atoms with Crippen LogP contribution in [-0.4, -0.2) is 23.3 Å². The number of aromatic amines is 1. The lowest BCUT2D eigenvalue weighted by molar-refractivity contribution is 0.281. The van der Waals surface area contributed by atoms with Gasteiger partial charge in [0.05, 0.1) is 7.11 Å². The summed E-state index contributed by atoms with van der Waals surface area (Å²) < 4.78 is 25.2. The molecule has 0 atom stereocenters. The third-order valence-corrected chi connectivity index (χ3v) is 4.57. The number of hydrogen-bond acceptors (Lipinski definition) is 6. The average molecular weight is 397 g/mol. The summed E-state index contributed by atoms with van der Waals surface area (Å²) in [5.41, 5.74) is 0.275. The number of hydrogen-bond donors (Lipinski definition) is 1. The van der Waals surface area contributed by atoms with Crippen molar-refractivity contribution in [2.75, 3.05) is 13.4 Å². The van der Waals surface area contributed by atoms with E-state index in [-0.39, 0.29) is 23.6 Å². The van der Waals surface area contributed by atoms with Crippen LogP contribution in [0.4, 0.5) is 4.39 Å². The maximum absolute atomic E-state index is 14.0. The quantitative estimate of drug-likeness (QED) is 0.503. The van der Waals surface area contributed by atoms with E-state index >= 15 is 0 Å². The predicted molar refractivity (Wildman–Crippen MR) is 104 cm³/mol. The summed E-state index contributed by atoms with van der Waals surface area (Å²) in [4.78, 5) is 19.2. The van der Waals surface area contributed by atoms with Crippen molar-refractivity contribution in [3.8, 4) is 28.8 Å². The largest absolute Gasteiger partial charge is 0.493 e. The normalized spacial score (nSPS) is 10.4. The minimum absolute atomic E-state index is 0.0551. The van der Waals surface area contributed by atoms with Gasteiger partial charge in [-0.15, -0.1) is 0 Å². The molecule has 28 heavy (non-hydrogen) atoms. The Hall–Kier alpha value is -3.31. The number of thioether (sulfide) groups is 1. The van der Waals surface area contributed by atoms with Crippen molar-refractivity contribution in [3.63, 3.8) is 0 Å². The molecule has 142 valence electrons. The fourth-order valence-corrected chi connectivity index (χ4v) is 3.00. The van der Waals surface area contributed by atoms with Crippen molar-refractivity contribution >= 4 is 11.8 Å². The zero-order valence-electron chi connectivity index (χ0n) is 15.2. The lowest BCUT2D eigenvalue weighted by Crippen LogP contribution is -2.15. The molecule has 0 spiro atoms. The Morgan fingerprint density at radius 3 is 2.71 bits per heavy atom. The second-order valence-corrected chi connectivity index (χ2v) is 6.42. The number of rotatable bonds is 6. The monoisotopic (exact) mass is 397 g/mol. The molecule has 0 amide bonds. The standard InChI is InChI=1S/C20H16FN3O3S/c1-26-16-9-5-7-13(17-14(10-22)19(25)24-20(23-17)28-2)18(16)27-11-12-6-3-4-8-15(12)21/h3-9H,11H2,1-2H3,(H,23,24,25). The smallest absolute Gasteiger partial charge is 0.270 e. The van der Waals surface area contributed by atoms with Crippen molar-refractivity contribution in [2.24, 2.45) is 0 Å². The fourth-order valence-electron chi connectivity index (χ4n) is 2.63. The Morgan fingerprint density at radius 2 is 2.04 bits per heavy atom. The topological polar surface area (TPSA) is 88.0 Å². The van der Waals surface area contributed by atoms with Crippen LogP contribution in [0.2, 0.25) is 0 Å². The van der Waals surface area contributed by atoms with E-state index in [1.807, 2.05) is 6.07 Å². The van der Waals surface area contributed by atoms with E-state index in [0.717, 1.165) is 0 Å². The van der Waals surface area contributed by atoms with E-state index in [0.29, 0.717) is 22.0 Å². The second-order valence-electron chi connectivity index (χ2n) is 5.63. The van der Waals surface area contributed by atoms with Crippen LogP contribution >= 0.6 is 11.8 Å². The molecule has 0 saturated carbocycles. The maximum atomic E-state index is 14.0. The highest BCUT2D eigenvalue weighted by Crippen LogP contribution is 2.38. The van der Waals surface area contributed by atoms with Crippen LogP contribution in [0.3, 0.4) is 0 Å². The summed E-state index contributed by atoms with van der Waals surface area (Å²) in [7, 11) is 1.47. The molecule has 0 fully saturated rings. The van der Waals surface area contributed by atoms with Crippen LogP contribution in [0.5, 0.6) is 11.5 Å². The number of methoxy groups -OCH3 is 1. The molecule has 2 aromatic carbocycles. The Kier molecular flexibility index (Phi) is 5.96. The average Bonchev–Trinajstić information content (AvgIpc) is 2.72. The molecule has 3 aromatic rings. The van der Waals surface area contributed by atoms with Crippen molar-refractivity contribution in [1.29, 1.82) is 5.26 Å². The van der Waals surface area contributed by atoms with Gasteiger partial charge in [-0.25, -0.2) is 9.37 Å². The number of aromatic nitrogens is 2. The molecule has 0 unspecified atom stereocenters. The first kappa shape index (κ1) is 19.5. The van der Waals surface area contributed by atoms with Crippen LogP contribution < -0.4 is 15.0 Å². The van der Waals surface area contributed by atoms with Gasteiger partial charge in [0, 0.05) is 11.1 Å². The van der Waals surface area contributed by atoms with Gasteiger partial charge in [0.1, 0.15) is 29.8 Å². The first-order valence-corrected chi connectivity index (χ1v) is 9.43. The molecule has 0 radical (unpaired) electrons. The molecule has 3 rings (SSSR count). The zero-order chi connectivity index (χ0) is 20.1. The van der Waals surface area contributed by atoms with Gasteiger partial charge in [-0.05, 0) is 24.5 Å². The first-order valence-electron chi connectivity index (χ1n) is 8.21. The molecule has 0 aliphatic heterocycles. The number of nitrogens with zero attached hydrogens (tertiary/aromatic N) is 2. The predicted octanol–water partition coefficient (Wildman–Crippen LogP) is 3.76. The van der Waals surface area contributed by atoms with E-state index in [9.17, 15) is 14.4 Å². The lowest BCUT2D eigenvalue weighted by Gasteiger charge is -2.16. The second kappa shape index (κ2) is 8.59. The molecule has 6 nitrogen and oxygen atoms in total. The number of H-pyrrole nitrogens is 1. The Labute approximate surface area is 165 Å². The molecule has 1 N–H and O–H groups in total. The zero-order valence-corrected chi connectivity index (χ0v) is 16.0. The molecule has 0 saturated heterocycles. The van der Waals surface area contributed by atoms with Gasteiger partial charge in [0.15, 0.2) is 16.7 Å². The molecule has 1 aromatic heterocycles. The van der Waals surface area contributed by atoms with Crippen molar-refractivity contribution in [3.05, 3.63) is 69.8 Å². The lowest BCUT2D eigenvalue weighted by atomic mass is 10.1.